The van der Waals surface area contributed by atoms with Crippen LogP contribution < -0.4 is 0 Å². The first-order chi connectivity index (χ1) is 13.2. The minimum Gasteiger partial charge on any atom is -0.508 e. The van der Waals surface area contributed by atoms with Gasteiger partial charge in [-0.25, -0.2) is 0 Å². The van der Waals surface area contributed by atoms with E-state index in [-0.39, 0.29) is 0 Å². The molecule has 0 unspecified atom stereocenters. The van der Waals surface area contributed by atoms with E-state index < -0.39 is 0 Å². The highest BCUT2D eigenvalue weighted by Gasteiger charge is 2.18. The molecule has 0 spiro atoms. The van der Waals surface area contributed by atoms with Crippen molar-refractivity contribution in [3.8, 4) is 33.8 Å². The molecule has 28 heavy (non-hydrogen) atoms. The second kappa shape index (κ2) is 7.71. The minimum atomic E-state index is 0.322. The Balaban J connectivity index is 2.32. The molecular formula is C26H30O2. The van der Waals surface area contributed by atoms with E-state index in [0.717, 1.165) is 22.3 Å². The molecule has 0 fully saturated rings. The van der Waals surface area contributed by atoms with Crippen LogP contribution in [0.25, 0.3) is 22.3 Å². The number of hydrogen-bond donors (Lipinski definition) is 2. The normalized spacial score (nSPS) is 11.4. The summed E-state index contributed by atoms with van der Waals surface area (Å²) in [5, 5.41) is 19.9. The van der Waals surface area contributed by atoms with Crippen LogP contribution in [0.2, 0.25) is 0 Å². The van der Waals surface area contributed by atoms with Crippen LogP contribution >= 0.6 is 0 Å². The number of hydrogen-bond acceptors (Lipinski definition) is 2. The summed E-state index contributed by atoms with van der Waals surface area (Å²) in [6.45, 7) is 12.8. The predicted octanol–water partition coefficient (Wildman–Crippen LogP) is 7.30. The van der Waals surface area contributed by atoms with E-state index in [1.54, 1.807) is 12.1 Å². The Kier molecular flexibility index (Phi) is 5.51. The van der Waals surface area contributed by atoms with E-state index in [9.17, 15) is 10.2 Å². The second-order valence-electron chi connectivity index (χ2n) is 8.34. The summed E-state index contributed by atoms with van der Waals surface area (Å²) in [7, 11) is 0. The fourth-order valence-corrected chi connectivity index (χ4v) is 3.74. The van der Waals surface area contributed by atoms with Gasteiger partial charge in [-0.2, -0.15) is 0 Å². The van der Waals surface area contributed by atoms with Gasteiger partial charge < -0.3 is 10.2 Å². The van der Waals surface area contributed by atoms with Crippen molar-refractivity contribution in [1.82, 2.24) is 0 Å². The van der Waals surface area contributed by atoms with Gasteiger partial charge in [0, 0.05) is 0 Å². The average molecular weight is 375 g/mol. The third-order valence-corrected chi connectivity index (χ3v) is 5.48. The van der Waals surface area contributed by atoms with Crippen molar-refractivity contribution in [2.45, 2.75) is 53.4 Å². The highest BCUT2D eigenvalue weighted by atomic mass is 16.3. The van der Waals surface area contributed by atoms with Gasteiger partial charge in [-0.3, -0.25) is 0 Å². The third kappa shape index (κ3) is 3.77. The molecule has 0 heterocycles. The summed E-state index contributed by atoms with van der Waals surface area (Å²) >= 11 is 0. The van der Waals surface area contributed by atoms with E-state index in [2.05, 4.69) is 52.0 Å². The summed E-state index contributed by atoms with van der Waals surface area (Å²) in [5.41, 5.74) is 9.01. The lowest BCUT2D eigenvalue weighted by Gasteiger charge is -2.22. The molecule has 2 N–H and O–H groups in total. The van der Waals surface area contributed by atoms with Crippen LogP contribution in [0.15, 0.2) is 48.5 Å². The summed E-state index contributed by atoms with van der Waals surface area (Å²) in [4.78, 5) is 0. The Labute approximate surface area is 168 Å². The van der Waals surface area contributed by atoms with Gasteiger partial charge >= 0.3 is 0 Å². The Bertz CT molecular complexity index is 934. The lowest BCUT2D eigenvalue weighted by molar-refractivity contribution is 0.471. The Morgan fingerprint density at radius 1 is 0.571 bits per heavy atom. The molecule has 3 aromatic carbocycles. The first-order valence-corrected chi connectivity index (χ1v) is 9.96. The zero-order valence-corrected chi connectivity index (χ0v) is 17.7. The van der Waals surface area contributed by atoms with Crippen molar-refractivity contribution in [3.63, 3.8) is 0 Å². The molecule has 146 valence electrons. The monoisotopic (exact) mass is 374 g/mol. The molecule has 0 atom stereocenters. The maximum Gasteiger partial charge on any atom is 0.118 e. The van der Waals surface area contributed by atoms with Crippen LogP contribution in [0, 0.1) is 13.8 Å². The zero-order valence-electron chi connectivity index (χ0n) is 17.7. The van der Waals surface area contributed by atoms with Crippen LogP contribution in [0.1, 0.15) is 61.8 Å². The van der Waals surface area contributed by atoms with Crippen LogP contribution in [0.4, 0.5) is 0 Å². The number of rotatable bonds is 4. The molecule has 2 nitrogen and oxygen atoms in total. The van der Waals surface area contributed by atoms with E-state index in [4.69, 9.17) is 0 Å². The van der Waals surface area contributed by atoms with E-state index in [1.807, 2.05) is 26.0 Å². The molecule has 0 aliphatic heterocycles. The molecule has 0 amide bonds. The van der Waals surface area contributed by atoms with Gasteiger partial charge in [-0.1, -0.05) is 45.9 Å². The quantitative estimate of drug-likeness (QED) is 0.503. The summed E-state index contributed by atoms with van der Waals surface area (Å²) < 4.78 is 0. The van der Waals surface area contributed by atoms with Gasteiger partial charge in [0.2, 0.25) is 0 Å². The number of aryl methyl sites for hydroxylation is 2. The van der Waals surface area contributed by atoms with E-state index in [0.29, 0.717) is 23.3 Å². The molecule has 0 aromatic heterocycles. The lowest BCUT2D eigenvalue weighted by Crippen LogP contribution is -2.00. The summed E-state index contributed by atoms with van der Waals surface area (Å²) in [6.07, 6.45) is 0. The van der Waals surface area contributed by atoms with Crippen LogP contribution in [-0.2, 0) is 0 Å². The highest BCUT2D eigenvalue weighted by molar-refractivity contribution is 5.80. The van der Waals surface area contributed by atoms with Gasteiger partial charge in [0.15, 0.2) is 0 Å². The van der Waals surface area contributed by atoms with Crippen molar-refractivity contribution < 1.29 is 10.2 Å². The van der Waals surface area contributed by atoms with Crippen molar-refractivity contribution in [2.75, 3.05) is 0 Å². The van der Waals surface area contributed by atoms with Gasteiger partial charge in [-0.15, -0.1) is 0 Å². The first-order valence-electron chi connectivity index (χ1n) is 9.96. The maximum atomic E-state index is 9.95. The van der Waals surface area contributed by atoms with Crippen molar-refractivity contribution in [1.29, 1.82) is 0 Å². The predicted molar refractivity (Wildman–Crippen MR) is 118 cm³/mol. The summed E-state index contributed by atoms with van der Waals surface area (Å²) in [6, 6.07) is 16.3. The van der Waals surface area contributed by atoms with Crippen molar-refractivity contribution >= 4 is 0 Å². The third-order valence-electron chi connectivity index (χ3n) is 5.48. The smallest absolute Gasteiger partial charge is 0.118 e. The molecule has 0 aliphatic rings. The fourth-order valence-electron chi connectivity index (χ4n) is 3.74. The summed E-state index contributed by atoms with van der Waals surface area (Å²) in [5.74, 6) is 1.42. The Hall–Kier alpha value is -2.74. The van der Waals surface area contributed by atoms with Gasteiger partial charge in [0.05, 0.1) is 0 Å². The average Bonchev–Trinajstić information content (AvgIpc) is 2.65. The van der Waals surface area contributed by atoms with Crippen LogP contribution in [0.3, 0.4) is 0 Å². The van der Waals surface area contributed by atoms with Gasteiger partial charge in [0.1, 0.15) is 11.5 Å². The van der Waals surface area contributed by atoms with E-state index >= 15 is 0 Å². The molecule has 3 rings (SSSR count). The van der Waals surface area contributed by atoms with Crippen LogP contribution in [-0.4, -0.2) is 10.2 Å². The number of phenols is 2. The Morgan fingerprint density at radius 3 is 1.29 bits per heavy atom. The SMILES string of the molecule is Cc1cc(-c2cc(-c3ccc(O)c(C)c3)c(C(C)C)cc2C(C)C)ccc1O. The molecule has 0 saturated carbocycles. The molecule has 2 heteroatoms. The van der Waals surface area contributed by atoms with Gasteiger partial charge in [-0.05, 0) is 101 Å². The first kappa shape index (κ1) is 20.0. The molecule has 0 saturated heterocycles. The van der Waals surface area contributed by atoms with Crippen molar-refractivity contribution in [3.05, 3.63) is 70.8 Å². The second-order valence-corrected chi connectivity index (χ2v) is 8.34. The fraction of sp³-hybridized carbons (Fsp3) is 0.308. The topological polar surface area (TPSA) is 40.5 Å². The highest BCUT2D eigenvalue weighted by Crippen LogP contribution is 2.40. The lowest BCUT2D eigenvalue weighted by atomic mass is 9.83. The standard InChI is InChI=1S/C26H30O2/c1-15(2)21-13-22(16(3)4)24(20-8-10-26(28)18(6)12-20)14-23(21)19-7-9-25(27)17(5)11-19/h7-16,27-28H,1-6H3. The van der Waals surface area contributed by atoms with Gasteiger partial charge in [0.25, 0.3) is 0 Å². The van der Waals surface area contributed by atoms with E-state index in [1.165, 1.54) is 22.3 Å². The molecule has 0 radical (unpaired) electrons. The largest absolute Gasteiger partial charge is 0.508 e. The van der Waals surface area contributed by atoms with Crippen LogP contribution in [0.5, 0.6) is 11.5 Å². The molecular weight excluding hydrogens is 344 g/mol. The molecule has 0 bridgehead atoms. The van der Waals surface area contributed by atoms with Crippen molar-refractivity contribution in [2.24, 2.45) is 0 Å². The number of aromatic hydroxyl groups is 2. The Morgan fingerprint density at radius 2 is 0.964 bits per heavy atom. The number of phenolic OH excluding ortho intramolecular Hbond substituents is 2. The minimum absolute atomic E-state index is 0.322. The molecule has 0 aliphatic carbocycles. The number of benzene rings is 3. The zero-order chi connectivity index (χ0) is 20.6. The molecule has 3 aromatic rings. The maximum absolute atomic E-state index is 9.95.